The summed E-state index contributed by atoms with van der Waals surface area (Å²) >= 11 is 0. The average molecular weight is 209 g/mol. The van der Waals surface area contributed by atoms with E-state index in [9.17, 15) is 14.9 Å². The quantitative estimate of drug-likeness (QED) is 0.424. The van der Waals surface area contributed by atoms with Gasteiger partial charge in [-0.25, -0.2) is 4.79 Å². The van der Waals surface area contributed by atoms with Gasteiger partial charge in [-0.2, -0.15) is 0 Å². The summed E-state index contributed by atoms with van der Waals surface area (Å²) in [5.74, 6) is -0.490. The highest BCUT2D eigenvalue weighted by Crippen LogP contribution is 2.24. The Morgan fingerprint density at radius 2 is 1.80 bits per heavy atom. The minimum absolute atomic E-state index is 0.0441. The summed E-state index contributed by atoms with van der Waals surface area (Å²) in [4.78, 5) is 21.4. The van der Waals surface area contributed by atoms with E-state index in [1.54, 1.807) is 13.8 Å². The zero-order valence-corrected chi connectivity index (χ0v) is 8.73. The molecule has 1 aromatic carbocycles. The number of ether oxygens (including phenoxy) is 1. The maximum Gasteiger partial charge on any atom is 0.337 e. The lowest BCUT2D eigenvalue weighted by Crippen LogP contribution is -2.04. The molecule has 80 valence electrons. The van der Waals surface area contributed by atoms with Crippen molar-refractivity contribution < 1.29 is 14.5 Å². The van der Waals surface area contributed by atoms with Crippen molar-refractivity contribution in [1.29, 1.82) is 0 Å². The van der Waals surface area contributed by atoms with Gasteiger partial charge in [-0.15, -0.1) is 0 Å². The lowest BCUT2D eigenvalue weighted by molar-refractivity contribution is -0.386. The Morgan fingerprint density at radius 3 is 2.13 bits per heavy atom. The van der Waals surface area contributed by atoms with Crippen LogP contribution in [0, 0.1) is 24.0 Å². The van der Waals surface area contributed by atoms with Gasteiger partial charge in [0.05, 0.1) is 17.6 Å². The molecular formula is C10H11NO4. The van der Waals surface area contributed by atoms with Crippen LogP contribution in [0.4, 0.5) is 5.69 Å². The molecule has 0 amide bonds. The number of benzene rings is 1. The molecule has 0 radical (unpaired) electrons. The zero-order chi connectivity index (χ0) is 11.6. The molecule has 15 heavy (non-hydrogen) atoms. The summed E-state index contributed by atoms with van der Waals surface area (Å²) in [6.45, 7) is 3.19. The SMILES string of the molecule is COC(=O)c1cc(C)c([N+](=O)[O-])c(C)c1. The minimum atomic E-state index is -0.490. The second kappa shape index (κ2) is 4.08. The van der Waals surface area contributed by atoms with Gasteiger partial charge in [-0.1, -0.05) is 0 Å². The van der Waals surface area contributed by atoms with Gasteiger partial charge in [0.25, 0.3) is 5.69 Å². The number of hydrogen-bond acceptors (Lipinski definition) is 4. The van der Waals surface area contributed by atoms with E-state index in [0.29, 0.717) is 16.7 Å². The number of nitrogens with zero attached hydrogens (tertiary/aromatic N) is 1. The van der Waals surface area contributed by atoms with Crippen molar-refractivity contribution in [3.8, 4) is 0 Å². The highest BCUT2D eigenvalue weighted by molar-refractivity contribution is 5.90. The first-order valence-corrected chi connectivity index (χ1v) is 4.31. The van der Waals surface area contributed by atoms with Crippen LogP contribution in [0.1, 0.15) is 21.5 Å². The predicted octanol–water partition coefficient (Wildman–Crippen LogP) is 2.00. The molecule has 0 atom stereocenters. The lowest BCUT2D eigenvalue weighted by Gasteiger charge is -2.04. The molecule has 1 aromatic rings. The van der Waals surface area contributed by atoms with Crippen molar-refractivity contribution in [2.45, 2.75) is 13.8 Å². The Hall–Kier alpha value is -1.91. The Bertz CT molecular complexity index is 402. The standard InChI is InChI=1S/C10H11NO4/c1-6-4-8(10(12)15-3)5-7(2)9(6)11(13)14/h4-5H,1-3H3. The maximum absolute atomic E-state index is 11.2. The van der Waals surface area contributed by atoms with E-state index in [0.717, 1.165) is 0 Å². The Morgan fingerprint density at radius 1 is 1.33 bits per heavy atom. The number of rotatable bonds is 2. The molecule has 5 nitrogen and oxygen atoms in total. The lowest BCUT2D eigenvalue weighted by atomic mass is 10.0. The molecule has 0 saturated carbocycles. The first-order chi connectivity index (χ1) is 6.97. The molecule has 0 spiro atoms. The molecule has 0 heterocycles. The summed E-state index contributed by atoms with van der Waals surface area (Å²) in [5.41, 5.74) is 1.29. The van der Waals surface area contributed by atoms with Crippen LogP contribution >= 0.6 is 0 Å². The van der Waals surface area contributed by atoms with Crippen molar-refractivity contribution >= 4 is 11.7 Å². The van der Waals surface area contributed by atoms with Gasteiger partial charge >= 0.3 is 5.97 Å². The van der Waals surface area contributed by atoms with Crippen LogP contribution < -0.4 is 0 Å². The van der Waals surface area contributed by atoms with E-state index in [2.05, 4.69) is 4.74 Å². The van der Waals surface area contributed by atoms with Gasteiger partial charge in [0.2, 0.25) is 0 Å². The molecule has 0 N–H and O–H groups in total. The summed E-state index contributed by atoms with van der Waals surface area (Å²) in [7, 11) is 1.27. The van der Waals surface area contributed by atoms with E-state index in [1.807, 2.05) is 0 Å². The fraction of sp³-hybridized carbons (Fsp3) is 0.300. The first kappa shape index (κ1) is 11.2. The second-order valence-electron chi connectivity index (χ2n) is 3.21. The molecule has 0 aliphatic carbocycles. The number of esters is 1. The van der Waals surface area contributed by atoms with Gasteiger partial charge < -0.3 is 4.74 Å². The molecule has 5 heteroatoms. The van der Waals surface area contributed by atoms with Gasteiger partial charge in [0.15, 0.2) is 0 Å². The van der Waals surface area contributed by atoms with Crippen LogP contribution in [0.5, 0.6) is 0 Å². The molecule has 0 fully saturated rings. The number of carbonyl (C=O) groups excluding carboxylic acids is 1. The Balaban J connectivity index is 3.31. The Labute approximate surface area is 86.8 Å². The predicted molar refractivity (Wildman–Crippen MR) is 53.9 cm³/mol. The zero-order valence-electron chi connectivity index (χ0n) is 8.73. The minimum Gasteiger partial charge on any atom is -0.465 e. The van der Waals surface area contributed by atoms with Crippen molar-refractivity contribution in [2.24, 2.45) is 0 Å². The van der Waals surface area contributed by atoms with Crippen molar-refractivity contribution in [3.05, 3.63) is 38.9 Å². The van der Waals surface area contributed by atoms with E-state index in [4.69, 9.17) is 0 Å². The third-order valence-electron chi connectivity index (χ3n) is 2.09. The van der Waals surface area contributed by atoms with Crippen LogP contribution in [-0.4, -0.2) is 18.0 Å². The number of methoxy groups -OCH3 is 1. The number of aryl methyl sites for hydroxylation is 2. The van der Waals surface area contributed by atoms with Crippen LogP contribution in [0.15, 0.2) is 12.1 Å². The van der Waals surface area contributed by atoms with Crippen LogP contribution in [0.3, 0.4) is 0 Å². The van der Waals surface area contributed by atoms with Gasteiger partial charge in [-0.3, -0.25) is 10.1 Å². The molecule has 0 aliphatic rings. The number of carbonyl (C=O) groups is 1. The smallest absolute Gasteiger partial charge is 0.337 e. The average Bonchev–Trinajstić information content (AvgIpc) is 2.14. The molecule has 0 saturated heterocycles. The molecule has 0 aliphatic heterocycles. The molecule has 0 aromatic heterocycles. The van der Waals surface area contributed by atoms with E-state index < -0.39 is 10.9 Å². The molecule has 0 bridgehead atoms. The third kappa shape index (κ3) is 2.12. The van der Waals surface area contributed by atoms with Crippen LogP contribution in [0.25, 0.3) is 0 Å². The van der Waals surface area contributed by atoms with Crippen molar-refractivity contribution in [3.63, 3.8) is 0 Å². The normalized spacial score (nSPS) is 9.80. The maximum atomic E-state index is 11.2. The largest absolute Gasteiger partial charge is 0.465 e. The van der Waals surface area contributed by atoms with Crippen LogP contribution in [0.2, 0.25) is 0 Å². The van der Waals surface area contributed by atoms with Crippen molar-refractivity contribution in [1.82, 2.24) is 0 Å². The summed E-state index contributed by atoms with van der Waals surface area (Å²) in [5, 5.41) is 10.7. The second-order valence-corrected chi connectivity index (χ2v) is 3.21. The molecule has 1 rings (SSSR count). The first-order valence-electron chi connectivity index (χ1n) is 4.31. The summed E-state index contributed by atoms with van der Waals surface area (Å²) in [6.07, 6.45) is 0. The monoisotopic (exact) mass is 209 g/mol. The molecule has 0 unspecified atom stereocenters. The number of hydrogen-bond donors (Lipinski definition) is 0. The van der Waals surface area contributed by atoms with E-state index in [-0.39, 0.29) is 5.69 Å². The fourth-order valence-corrected chi connectivity index (χ4v) is 1.48. The van der Waals surface area contributed by atoms with Gasteiger partial charge in [0.1, 0.15) is 0 Å². The van der Waals surface area contributed by atoms with Crippen LogP contribution in [-0.2, 0) is 4.74 Å². The highest BCUT2D eigenvalue weighted by Gasteiger charge is 2.18. The van der Waals surface area contributed by atoms with Gasteiger partial charge in [-0.05, 0) is 26.0 Å². The van der Waals surface area contributed by atoms with E-state index in [1.165, 1.54) is 19.2 Å². The third-order valence-corrected chi connectivity index (χ3v) is 2.09. The fourth-order valence-electron chi connectivity index (χ4n) is 1.48. The number of nitro benzene ring substituents is 1. The Kier molecular flexibility index (Phi) is 3.04. The van der Waals surface area contributed by atoms with Gasteiger partial charge in [0, 0.05) is 11.1 Å². The van der Waals surface area contributed by atoms with Crippen molar-refractivity contribution in [2.75, 3.05) is 7.11 Å². The van der Waals surface area contributed by atoms with E-state index >= 15 is 0 Å². The summed E-state index contributed by atoms with van der Waals surface area (Å²) in [6, 6.07) is 2.91. The molecular weight excluding hydrogens is 198 g/mol. The number of nitro groups is 1. The highest BCUT2D eigenvalue weighted by atomic mass is 16.6. The topological polar surface area (TPSA) is 69.4 Å². The summed E-state index contributed by atoms with van der Waals surface area (Å²) < 4.78 is 4.54.